The number of carbonyl (C=O) groups is 2. The second-order valence-electron chi connectivity index (χ2n) is 4.65. The average molecular weight is 294 g/mol. The number of rotatable bonds is 5. The summed E-state index contributed by atoms with van der Waals surface area (Å²) in [6, 6.07) is 3.47. The van der Waals surface area contributed by atoms with Gasteiger partial charge < -0.3 is 15.4 Å². The number of amides is 1. The molecule has 1 aromatic rings. The van der Waals surface area contributed by atoms with E-state index >= 15 is 0 Å². The smallest absolute Gasteiger partial charge is 0.307 e. The number of nitrogens with one attached hydrogen (secondary N) is 2. The minimum atomic E-state index is -0.335. The van der Waals surface area contributed by atoms with Crippen molar-refractivity contribution in [3.05, 3.63) is 33.5 Å². The average Bonchev–Trinajstić information content (AvgIpc) is 2.89. The first kappa shape index (κ1) is 14.7. The van der Waals surface area contributed by atoms with Crippen LogP contribution in [0.4, 0.5) is 0 Å². The molecule has 2 rings (SSSR count). The molecule has 20 heavy (non-hydrogen) atoms. The lowest BCUT2D eigenvalue weighted by molar-refractivity contribution is -0.141. The third-order valence-electron chi connectivity index (χ3n) is 3.34. The molecule has 0 radical (unpaired) electrons. The number of hydrogen-bond acceptors (Lipinski definition) is 5. The van der Waals surface area contributed by atoms with Gasteiger partial charge in [0.05, 0.1) is 19.6 Å². The van der Waals surface area contributed by atoms with Crippen molar-refractivity contribution in [3.8, 4) is 0 Å². The van der Waals surface area contributed by atoms with E-state index < -0.39 is 0 Å². The summed E-state index contributed by atoms with van der Waals surface area (Å²) in [4.78, 5) is 24.6. The quantitative estimate of drug-likeness (QED) is 0.636. The third-order valence-corrected chi connectivity index (χ3v) is 4.32. The van der Waals surface area contributed by atoms with Crippen LogP contribution in [0.3, 0.4) is 0 Å². The number of esters is 1. The van der Waals surface area contributed by atoms with E-state index in [1.54, 1.807) is 0 Å². The Morgan fingerprint density at radius 1 is 1.50 bits per heavy atom. The normalized spacial score (nSPS) is 15.2. The van der Waals surface area contributed by atoms with Gasteiger partial charge >= 0.3 is 5.97 Å². The van der Waals surface area contributed by atoms with Crippen LogP contribution in [0.2, 0.25) is 0 Å². The Balaban J connectivity index is 2.07. The van der Waals surface area contributed by atoms with E-state index in [0.717, 1.165) is 29.1 Å². The van der Waals surface area contributed by atoms with Crippen LogP contribution >= 0.6 is 11.3 Å². The molecule has 1 unspecified atom stereocenters. The highest BCUT2D eigenvalue weighted by atomic mass is 32.1. The summed E-state index contributed by atoms with van der Waals surface area (Å²) >= 11 is 1.51. The zero-order chi connectivity index (χ0) is 14.5. The Bertz CT molecular complexity index is 517. The van der Waals surface area contributed by atoms with E-state index in [-0.39, 0.29) is 24.3 Å². The van der Waals surface area contributed by atoms with Gasteiger partial charge in [0.1, 0.15) is 0 Å². The lowest BCUT2D eigenvalue weighted by atomic mass is 10.0. The molecule has 0 aromatic carbocycles. The molecule has 2 heterocycles. The van der Waals surface area contributed by atoms with Gasteiger partial charge in [0, 0.05) is 23.5 Å². The van der Waals surface area contributed by atoms with Crippen molar-refractivity contribution in [2.75, 3.05) is 20.2 Å². The Labute approximate surface area is 122 Å². The second-order valence-corrected chi connectivity index (χ2v) is 5.63. The summed E-state index contributed by atoms with van der Waals surface area (Å²) in [7, 11) is 1.35. The van der Waals surface area contributed by atoms with Gasteiger partial charge in [-0.2, -0.15) is 0 Å². The minimum absolute atomic E-state index is 0.121. The van der Waals surface area contributed by atoms with Crippen LogP contribution in [0.15, 0.2) is 28.7 Å². The van der Waals surface area contributed by atoms with Crippen LogP contribution in [0.25, 0.3) is 0 Å². The summed E-state index contributed by atoms with van der Waals surface area (Å²) in [5.41, 5.74) is 1.85. The molecule has 0 spiro atoms. The first-order valence-electron chi connectivity index (χ1n) is 6.42. The molecule has 108 valence electrons. The van der Waals surface area contributed by atoms with Crippen molar-refractivity contribution in [2.24, 2.45) is 0 Å². The second kappa shape index (κ2) is 6.67. The van der Waals surface area contributed by atoms with Crippen molar-refractivity contribution in [1.29, 1.82) is 0 Å². The topological polar surface area (TPSA) is 67.4 Å². The maximum Gasteiger partial charge on any atom is 0.307 e. The lowest BCUT2D eigenvalue weighted by Crippen LogP contribution is -2.38. The predicted molar refractivity (Wildman–Crippen MR) is 77.4 cm³/mol. The zero-order valence-electron chi connectivity index (χ0n) is 11.6. The van der Waals surface area contributed by atoms with E-state index in [1.165, 1.54) is 18.4 Å². The molecule has 0 saturated carbocycles. The summed E-state index contributed by atoms with van der Waals surface area (Å²) in [6.07, 6.45) is 0.142. The monoisotopic (exact) mass is 294 g/mol. The molecule has 2 N–H and O–H groups in total. The van der Waals surface area contributed by atoms with Gasteiger partial charge in [-0.3, -0.25) is 9.59 Å². The first-order valence-corrected chi connectivity index (χ1v) is 7.30. The van der Waals surface area contributed by atoms with Crippen molar-refractivity contribution in [3.63, 3.8) is 0 Å². The Hall–Kier alpha value is -1.66. The van der Waals surface area contributed by atoms with Crippen LogP contribution in [0.5, 0.6) is 0 Å². The molecule has 0 bridgehead atoms. The molecular weight excluding hydrogens is 276 g/mol. The fraction of sp³-hybridized carbons (Fsp3) is 0.429. The van der Waals surface area contributed by atoms with E-state index in [4.69, 9.17) is 4.74 Å². The molecule has 1 aliphatic rings. The van der Waals surface area contributed by atoms with Gasteiger partial charge in [0.15, 0.2) is 0 Å². The number of hydrogen-bond donors (Lipinski definition) is 2. The van der Waals surface area contributed by atoms with Gasteiger partial charge in [0.2, 0.25) is 5.91 Å². The predicted octanol–water partition coefficient (Wildman–Crippen LogP) is 1.39. The highest BCUT2D eigenvalue weighted by Gasteiger charge is 2.22. The van der Waals surface area contributed by atoms with E-state index in [1.807, 2.05) is 24.4 Å². The first-order chi connectivity index (χ1) is 9.61. The van der Waals surface area contributed by atoms with Crippen molar-refractivity contribution in [2.45, 2.75) is 19.4 Å². The Morgan fingerprint density at radius 2 is 2.25 bits per heavy atom. The highest BCUT2D eigenvalue weighted by Crippen LogP contribution is 2.23. The van der Waals surface area contributed by atoms with Crippen LogP contribution in [-0.4, -0.2) is 32.1 Å². The molecule has 0 aliphatic carbocycles. The molecule has 1 atom stereocenters. The highest BCUT2D eigenvalue weighted by molar-refractivity contribution is 7.10. The molecule has 1 saturated heterocycles. The SMILES string of the molecule is COC(=O)CC(NC(=O)C(C)=C1CNC1)c1cccs1. The Morgan fingerprint density at radius 3 is 2.75 bits per heavy atom. The fourth-order valence-corrected chi connectivity index (χ4v) is 2.68. The van der Waals surface area contributed by atoms with Crippen molar-refractivity contribution < 1.29 is 14.3 Å². The minimum Gasteiger partial charge on any atom is -0.469 e. The number of methoxy groups -OCH3 is 1. The van der Waals surface area contributed by atoms with Gasteiger partial charge in [-0.15, -0.1) is 11.3 Å². The molecule has 1 aromatic heterocycles. The standard InChI is InChI=1S/C14H18N2O3S/c1-9(10-7-15-8-10)14(18)16-11(6-13(17)19-2)12-4-3-5-20-12/h3-5,11,15H,6-8H2,1-2H3,(H,16,18). The number of ether oxygens (including phenoxy) is 1. The summed E-state index contributed by atoms with van der Waals surface area (Å²) < 4.78 is 4.69. The van der Waals surface area contributed by atoms with Crippen molar-refractivity contribution >= 4 is 23.2 Å². The third kappa shape index (κ3) is 3.46. The number of carbonyl (C=O) groups excluding carboxylic acids is 2. The lowest BCUT2D eigenvalue weighted by Gasteiger charge is -2.23. The fourth-order valence-electron chi connectivity index (χ4n) is 1.90. The molecule has 6 heteroatoms. The van der Waals surface area contributed by atoms with Gasteiger partial charge in [0.25, 0.3) is 0 Å². The van der Waals surface area contributed by atoms with E-state index in [0.29, 0.717) is 0 Å². The molecule has 1 fully saturated rings. The molecule has 1 aliphatic heterocycles. The summed E-state index contributed by atoms with van der Waals surface area (Å²) in [6.45, 7) is 3.34. The van der Waals surface area contributed by atoms with Crippen LogP contribution in [-0.2, 0) is 14.3 Å². The molecular formula is C14H18N2O3S. The Kier molecular flexibility index (Phi) is 4.92. The van der Waals surface area contributed by atoms with Gasteiger partial charge in [-0.1, -0.05) is 6.07 Å². The summed E-state index contributed by atoms with van der Waals surface area (Å²) in [5.74, 6) is -0.455. The van der Waals surface area contributed by atoms with E-state index in [2.05, 4.69) is 10.6 Å². The maximum absolute atomic E-state index is 12.2. The van der Waals surface area contributed by atoms with Crippen LogP contribution < -0.4 is 10.6 Å². The van der Waals surface area contributed by atoms with Crippen molar-refractivity contribution in [1.82, 2.24) is 10.6 Å². The maximum atomic E-state index is 12.2. The molecule has 5 nitrogen and oxygen atoms in total. The van der Waals surface area contributed by atoms with Crippen LogP contribution in [0.1, 0.15) is 24.3 Å². The zero-order valence-corrected chi connectivity index (χ0v) is 12.4. The van der Waals surface area contributed by atoms with Gasteiger partial charge in [-0.25, -0.2) is 0 Å². The van der Waals surface area contributed by atoms with E-state index in [9.17, 15) is 9.59 Å². The molecule has 1 amide bonds. The van der Waals surface area contributed by atoms with Crippen LogP contribution in [0, 0.1) is 0 Å². The number of thiophene rings is 1. The largest absolute Gasteiger partial charge is 0.469 e. The summed E-state index contributed by atoms with van der Waals surface area (Å²) in [5, 5.41) is 7.95. The van der Waals surface area contributed by atoms with Gasteiger partial charge in [-0.05, 0) is 23.9 Å².